The Morgan fingerprint density at radius 3 is 2.47 bits per heavy atom. The number of rotatable bonds is 4. The predicted molar refractivity (Wildman–Crippen MR) is 57.8 cm³/mol. The van der Waals surface area contributed by atoms with Crippen LogP contribution in [0.3, 0.4) is 0 Å². The van der Waals surface area contributed by atoms with Gasteiger partial charge in [0, 0.05) is 6.54 Å². The summed E-state index contributed by atoms with van der Waals surface area (Å²) < 4.78 is 1.73. The fourth-order valence-corrected chi connectivity index (χ4v) is 1.55. The van der Waals surface area contributed by atoms with E-state index in [4.69, 9.17) is 0 Å². The Bertz CT molecular complexity index is 369. The van der Waals surface area contributed by atoms with Gasteiger partial charge in [-0.25, -0.2) is 0 Å². The van der Waals surface area contributed by atoms with Gasteiger partial charge in [0.2, 0.25) is 0 Å². The van der Waals surface area contributed by atoms with Crippen LogP contribution in [0.25, 0.3) is 0 Å². The van der Waals surface area contributed by atoms with Crippen LogP contribution in [-0.4, -0.2) is 14.7 Å². The number of aromatic nitrogens is 2. The van der Waals surface area contributed by atoms with Gasteiger partial charge in [0.05, 0.1) is 4.92 Å². The van der Waals surface area contributed by atoms with Crippen LogP contribution in [-0.2, 0) is 6.54 Å². The number of nitro groups is 1. The monoisotopic (exact) mass is 211 g/mol. The summed E-state index contributed by atoms with van der Waals surface area (Å²) in [4.78, 5) is 10.4. The van der Waals surface area contributed by atoms with Crippen LogP contribution < -0.4 is 0 Å². The summed E-state index contributed by atoms with van der Waals surface area (Å²) in [6.07, 6.45) is 0.985. The van der Waals surface area contributed by atoms with Crippen molar-refractivity contribution in [2.24, 2.45) is 5.92 Å². The molecule has 0 saturated heterocycles. The highest BCUT2D eigenvalue weighted by atomic mass is 16.6. The van der Waals surface area contributed by atoms with Crippen LogP contribution in [0.4, 0.5) is 5.69 Å². The van der Waals surface area contributed by atoms with E-state index in [9.17, 15) is 10.1 Å². The van der Waals surface area contributed by atoms with Gasteiger partial charge in [-0.3, -0.25) is 14.8 Å². The van der Waals surface area contributed by atoms with Gasteiger partial charge in [-0.2, -0.15) is 5.10 Å². The minimum absolute atomic E-state index is 0.152. The molecule has 0 aliphatic heterocycles. The van der Waals surface area contributed by atoms with Gasteiger partial charge in [0.25, 0.3) is 0 Å². The second-order valence-corrected chi connectivity index (χ2v) is 4.18. The molecular formula is C10H17N3O2. The van der Waals surface area contributed by atoms with E-state index in [1.54, 1.807) is 18.5 Å². The Kier molecular flexibility index (Phi) is 3.44. The van der Waals surface area contributed by atoms with E-state index in [-0.39, 0.29) is 10.6 Å². The Morgan fingerprint density at radius 2 is 2.07 bits per heavy atom. The minimum Gasteiger partial charge on any atom is -0.262 e. The first-order valence-corrected chi connectivity index (χ1v) is 5.12. The SMILES string of the molecule is Cc1nn(CCC(C)C)c(C)c1[N+](=O)[O-]. The quantitative estimate of drug-likeness (QED) is 0.567. The van der Waals surface area contributed by atoms with Crippen molar-refractivity contribution in [2.75, 3.05) is 0 Å². The van der Waals surface area contributed by atoms with Gasteiger partial charge in [-0.1, -0.05) is 13.8 Å². The van der Waals surface area contributed by atoms with Crippen molar-refractivity contribution in [3.05, 3.63) is 21.5 Å². The molecule has 0 radical (unpaired) electrons. The van der Waals surface area contributed by atoms with Crippen molar-refractivity contribution < 1.29 is 4.92 Å². The van der Waals surface area contributed by atoms with Gasteiger partial charge < -0.3 is 0 Å². The Morgan fingerprint density at radius 1 is 1.47 bits per heavy atom. The molecule has 0 spiro atoms. The summed E-state index contributed by atoms with van der Waals surface area (Å²) in [5.41, 5.74) is 1.30. The van der Waals surface area contributed by atoms with Crippen LogP contribution >= 0.6 is 0 Å². The maximum atomic E-state index is 10.7. The highest BCUT2D eigenvalue weighted by Gasteiger charge is 2.21. The average molecular weight is 211 g/mol. The predicted octanol–water partition coefficient (Wildman–Crippen LogP) is 2.45. The maximum absolute atomic E-state index is 10.7. The maximum Gasteiger partial charge on any atom is 0.312 e. The normalized spacial score (nSPS) is 11.0. The van der Waals surface area contributed by atoms with Crippen molar-refractivity contribution in [3.8, 4) is 0 Å². The molecule has 0 aliphatic rings. The largest absolute Gasteiger partial charge is 0.312 e. The molecule has 0 amide bonds. The van der Waals surface area contributed by atoms with Gasteiger partial charge in [0.15, 0.2) is 0 Å². The smallest absolute Gasteiger partial charge is 0.262 e. The van der Waals surface area contributed by atoms with Crippen LogP contribution in [0, 0.1) is 29.9 Å². The summed E-state index contributed by atoms with van der Waals surface area (Å²) in [7, 11) is 0. The second kappa shape index (κ2) is 4.42. The van der Waals surface area contributed by atoms with E-state index in [1.807, 2.05) is 0 Å². The first-order chi connectivity index (χ1) is 6.93. The van der Waals surface area contributed by atoms with Crippen molar-refractivity contribution in [3.63, 3.8) is 0 Å². The van der Waals surface area contributed by atoms with Crippen LogP contribution in [0.2, 0.25) is 0 Å². The van der Waals surface area contributed by atoms with Crippen molar-refractivity contribution >= 4 is 5.69 Å². The minimum atomic E-state index is -0.358. The van der Waals surface area contributed by atoms with Gasteiger partial charge in [-0.05, 0) is 26.2 Å². The van der Waals surface area contributed by atoms with Crippen LogP contribution in [0.1, 0.15) is 31.7 Å². The molecule has 15 heavy (non-hydrogen) atoms. The van der Waals surface area contributed by atoms with Crippen molar-refractivity contribution in [1.82, 2.24) is 9.78 Å². The summed E-state index contributed by atoms with van der Waals surface area (Å²) in [5.74, 6) is 0.577. The third-order valence-corrected chi connectivity index (χ3v) is 2.44. The molecule has 1 heterocycles. The molecule has 1 rings (SSSR count). The zero-order chi connectivity index (χ0) is 11.6. The molecule has 0 aliphatic carbocycles. The highest BCUT2D eigenvalue weighted by Crippen LogP contribution is 2.22. The van der Waals surface area contributed by atoms with E-state index in [0.29, 0.717) is 17.3 Å². The lowest BCUT2D eigenvalue weighted by atomic mass is 10.1. The van der Waals surface area contributed by atoms with Crippen molar-refractivity contribution in [1.29, 1.82) is 0 Å². The van der Waals surface area contributed by atoms with Crippen molar-refractivity contribution in [2.45, 2.75) is 40.7 Å². The Labute approximate surface area is 89.2 Å². The van der Waals surface area contributed by atoms with Gasteiger partial charge in [0.1, 0.15) is 11.4 Å². The van der Waals surface area contributed by atoms with E-state index in [0.717, 1.165) is 13.0 Å². The fraction of sp³-hybridized carbons (Fsp3) is 0.700. The summed E-state index contributed by atoms with van der Waals surface area (Å²) in [6, 6.07) is 0. The molecule has 0 bridgehead atoms. The fourth-order valence-electron chi connectivity index (χ4n) is 1.55. The zero-order valence-corrected chi connectivity index (χ0v) is 9.65. The molecule has 5 nitrogen and oxygen atoms in total. The third-order valence-electron chi connectivity index (χ3n) is 2.44. The lowest BCUT2D eigenvalue weighted by Gasteiger charge is -2.05. The zero-order valence-electron chi connectivity index (χ0n) is 9.65. The van der Waals surface area contributed by atoms with Gasteiger partial charge in [-0.15, -0.1) is 0 Å². The average Bonchev–Trinajstić information content (AvgIpc) is 2.37. The van der Waals surface area contributed by atoms with Crippen LogP contribution in [0.5, 0.6) is 0 Å². The second-order valence-electron chi connectivity index (χ2n) is 4.18. The molecule has 0 atom stereocenters. The summed E-state index contributed by atoms with van der Waals surface area (Å²) >= 11 is 0. The molecule has 0 saturated carbocycles. The molecule has 84 valence electrons. The van der Waals surface area contributed by atoms with E-state index < -0.39 is 0 Å². The molecule has 0 unspecified atom stereocenters. The summed E-state index contributed by atoms with van der Waals surface area (Å²) in [6.45, 7) is 8.42. The topological polar surface area (TPSA) is 61.0 Å². The standard InChI is InChI=1S/C10H17N3O2/c1-7(2)5-6-12-9(4)10(13(14)15)8(3)11-12/h7H,5-6H2,1-4H3. The highest BCUT2D eigenvalue weighted by molar-refractivity contribution is 5.39. The number of nitrogens with zero attached hydrogens (tertiary/aromatic N) is 3. The summed E-state index contributed by atoms with van der Waals surface area (Å²) in [5, 5.41) is 14.9. The Balaban J connectivity index is 2.91. The van der Waals surface area contributed by atoms with Crippen LogP contribution in [0.15, 0.2) is 0 Å². The molecule has 0 N–H and O–H groups in total. The first-order valence-electron chi connectivity index (χ1n) is 5.12. The molecule has 0 fully saturated rings. The lowest BCUT2D eigenvalue weighted by Crippen LogP contribution is -2.05. The Hall–Kier alpha value is -1.39. The van der Waals surface area contributed by atoms with Gasteiger partial charge >= 0.3 is 5.69 Å². The van der Waals surface area contributed by atoms with E-state index in [2.05, 4.69) is 18.9 Å². The number of aryl methyl sites for hydroxylation is 2. The third kappa shape index (κ3) is 2.55. The molecule has 0 aromatic carbocycles. The lowest BCUT2D eigenvalue weighted by molar-refractivity contribution is -0.386. The number of hydrogen-bond acceptors (Lipinski definition) is 3. The number of hydrogen-bond donors (Lipinski definition) is 0. The molecule has 1 aromatic rings. The molecular weight excluding hydrogens is 194 g/mol. The first kappa shape index (κ1) is 11.7. The van der Waals surface area contributed by atoms with E-state index in [1.165, 1.54) is 0 Å². The van der Waals surface area contributed by atoms with E-state index >= 15 is 0 Å². The molecule has 5 heteroatoms. The molecule has 1 aromatic heterocycles.